The van der Waals surface area contributed by atoms with Crippen molar-refractivity contribution in [3.8, 4) is 0 Å². The molecule has 19 heavy (non-hydrogen) atoms. The maximum absolute atomic E-state index is 12.6. The van der Waals surface area contributed by atoms with Crippen LogP contribution in [0, 0.1) is 17.8 Å². The summed E-state index contributed by atoms with van der Waals surface area (Å²) in [5.74, 6) is 1.38. The predicted molar refractivity (Wildman–Crippen MR) is 81.2 cm³/mol. The third kappa shape index (κ3) is 2.90. The van der Waals surface area contributed by atoms with Crippen LogP contribution in [0.2, 0.25) is 0 Å². The molecule has 1 aliphatic rings. The minimum Gasteiger partial charge on any atom is -0.338 e. The van der Waals surface area contributed by atoms with Crippen molar-refractivity contribution in [2.75, 3.05) is 6.54 Å². The van der Waals surface area contributed by atoms with Gasteiger partial charge in [0.05, 0.1) is 0 Å². The molecule has 0 saturated carbocycles. The van der Waals surface area contributed by atoms with Crippen molar-refractivity contribution in [3.05, 3.63) is 0 Å². The second-order valence-electron chi connectivity index (χ2n) is 7.65. The first-order valence-electron chi connectivity index (χ1n) is 7.61. The fourth-order valence-corrected chi connectivity index (χ4v) is 3.11. The zero-order valence-corrected chi connectivity index (χ0v) is 14.0. The minimum absolute atomic E-state index is 0.0895. The lowest BCUT2D eigenvalue weighted by Crippen LogP contribution is -2.64. The molecule has 1 saturated heterocycles. The van der Waals surface area contributed by atoms with Gasteiger partial charge in [-0.1, -0.05) is 34.6 Å². The molecule has 2 amide bonds. The fourth-order valence-electron chi connectivity index (χ4n) is 3.11. The molecule has 0 aromatic carbocycles. The van der Waals surface area contributed by atoms with Gasteiger partial charge in [-0.25, -0.2) is 4.79 Å². The smallest absolute Gasteiger partial charge is 0.318 e. The summed E-state index contributed by atoms with van der Waals surface area (Å²) in [5, 5.41) is 3.10. The lowest BCUT2D eigenvalue weighted by Gasteiger charge is -2.53. The van der Waals surface area contributed by atoms with Crippen LogP contribution >= 0.6 is 0 Å². The number of carbonyl (C=O) groups excluding carboxylic acids is 1. The van der Waals surface area contributed by atoms with E-state index in [0.29, 0.717) is 17.8 Å². The molecule has 0 aromatic rings. The van der Waals surface area contributed by atoms with E-state index in [-0.39, 0.29) is 17.1 Å². The van der Waals surface area contributed by atoms with Crippen LogP contribution in [-0.2, 0) is 0 Å². The van der Waals surface area contributed by atoms with Gasteiger partial charge in [-0.15, -0.1) is 0 Å². The molecule has 0 aromatic heterocycles. The van der Waals surface area contributed by atoms with Gasteiger partial charge in [-0.3, -0.25) is 0 Å². The SMILES string of the molecule is CC1CNC(=O)N(C(C)(C)C(C)C)C(C)(C(C)C)C1. The molecule has 1 rings (SSSR count). The third-order valence-corrected chi connectivity index (χ3v) is 5.31. The van der Waals surface area contributed by atoms with Crippen LogP contribution in [0.3, 0.4) is 0 Å². The summed E-state index contributed by atoms with van der Waals surface area (Å²) >= 11 is 0. The molecule has 2 unspecified atom stereocenters. The van der Waals surface area contributed by atoms with Crippen LogP contribution in [0.5, 0.6) is 0 Å². The summed E-state index contributed by atoms with van der Waals surface area (Å²) in [6.07, 6.45) is 1.06. The van der Waals surface area contributed by atoms with Crippen molar-refractivity contribution in [2.24, 2.45) is 17.8 Å². The van der Waals surface area contributed by atoms with E-state index < -0.39 is 0 Å². The van der Waals surface area contributed by atoms with Gasteiger partial charge in [0, 0.05) is 17.6 Å². The Bertz CT molecular complexity index is 336. The second-order valence-corrected chi connectivity index (χ2v) is 7.65. The van der Waals surface area contributed by atoms with Crippen molar-refractivity contribution in [3.63, 3.8) is 0 Å². The topological polar surface area (TPSA) is 32.3 Å². The monoisotopic (exact) mass is 268 g/mol. The van der Waals surface area contributed by atoms with Gasteiger partial charge in [0.1, 0.15) is 0 Å². The Kier molecular flexibility index (Phi) is 4.58. The summed E-state index contributed by atoms with van der Waals surface area (Å²) in [7, 11) is 0. The van der Waals surface area contributed by atoms with Crippen LogP contribution in [0.1, 0.15) is 61.8 Å². The van der Waals surface area contributed by atoms with E-state index in [9.17, 15) is 4.79 Å². The number of hydrogen-bond donors (Lipinski definition) is 1. The van der Waals surface area contributed by atoms with E-state index in [1.54, 1.807) is 0 Å². The molecule has 1 fully saturated rings. The summed E-state index contributed by atoms with van der Waals surface area (Å²) in [6, 6.07) is 0.0965. The number of rotatable bonds is 3. The fraction of sp³-hybridized carbons (Fsp3) is 0.938. The first-order chi connectivity index (χ1) is 8.53. The molecule has 3 nitrogen and oxygen atoms in total. The highest BCUT2D eigenvalue weighted by atomic mass is 16.2. The molecule has 0 radical (unpaired) electrons. The Morgan fingerprint density at radius 1 is 1.32 bits per heavy atom. The molecule has 2 atom stereocenters. The van der Waals surface area contributed by atoms with Crippen LogP contribution in [0.15, 0.2) is 0 Å². The Hall–Kier alpha value is -0.730. The van der Waals surface area contributed by atoms with Crippen molar-refractivity contribution < 1.29 is 4.79 Å². The first kappa shape index (κ1) is 16.3. The lowest BCUT2D eigenvalue weighted by molar-refractivity contribution is -0.0105. The highest BCUT2D eigenvalue weighted by molar-refractivity contribution is 5.76. The molecule has 1 N–H and O–H groups in total. The van der Waals surface area contributed by atoms with Gasteiger partial charge in [0.15, 0.2) is 0 Å². The summed E-state index contributed by atoms with van der Waals surface area (Å²) in [4.78, 5) is 14.8. The predicted octanol–water partition coefficient (Wildman–Crippen LogP) is 3.89. The van der Waals surface area contributed by atoms with Crippen LogP contribution in [0.4, 0.5) is 4.79 Å². The second kappa shape index (κ2) is 5.34. The molecule has 112 valence electrons. The maximum atomic E-state index is 12.6. The number of hydrogen-bond acceptors (Lipinski definition) is 1. The van der Waals surface area contributed by atoms with Crippen LogP contribution in [0.25, 0.3) is 0 Å². The van der Waals surface area contributed by atoms with E-state index in [1.807, 2.05) is 0 Å². The van der Waals surface area contributed by atoms with Crippen molar-refractivity contribution >= 4 is 6.03 Å². The molecule has 3 heteroatoms. The normalized spacial score (nSPS) is 29.7. The zero-order chi connectivity index (χ0) is 15.0. The van der Waals surface area contributed by atoms with Gasteiger partial charge < -0.3 is 10.2 Å². The van der Waals surface area contributed by atoms with E-state index in [4.69, 9.17) is 0 Å². The lowest BCUT2D eigenvalue weighted by atomic mass is 9.75. The largest absolute Gasteiger partial charge is 0.338 e. The van der Waals surface area contributed by atoms with Gasteiger partial charge in [0.25, 0.3) is 0 Å². The Morgan fingerprint density at radius 3 is 2.26 bits per heavy atom. The van der Waals surface area contributed by atoms with Gasteiger partial charge >= 0.3 is 6.03 Å². The molecule has 0 bridgehead atoms. The Balaban J connectivity index is 3.30. The van der Waals surface area contributed by atoms with Crippen molar-refractivity contribution in [1.29, 1.82) is 0 Å². The number of urea groups is 1. The number of carbonyl (C=O) groups is 1. The Morgan fingerprint density at radius 2 is 1.84 bits per heavy atom. The van der Waals surface area contributed by atoms with E-state index in [1.165, 1.54) is 0 Å². The molecule has 1 aliphatic heterocycles. The van der Waals surface area contributed by atoms with Crippen molar-refractivity contribution in [2.45, 2.75) is 72.9 Å². The highest BCUT2D eigenvalue weighted by Gasteiger charge is 2.48. The standard InChI is InChI=1S/C16H32N2O/c1-11(2)15(6,7)18-14(19)17-10-13(5)9-16(18,8)12(3)4/h11-13H,9-10H2,1-8H3,(H,17,19). The minimum atomic E-state index is -0.146. The summed E-state index contributed by atoms with van der Waals surface area (Å²) in [5.41, 5.74) is -0.235. The third-order valence-electron chi connectivity index (χ3n) is 5.31. The molecular weight excluding hydrogens is 236 g/mol. The highest BCUT2D eigenvalue weighted by Crippen LogP contribution is 2.40. The maximum Gasteiger partial charge on any atom is 0.318 e. The number of nitrogens with one attached hydrogen (secondary N) is 1. The molecule has 0 spiro atoms. The first-order valence-corrected chi connectivity index (χ1v) is 7.61. The average molecular weight is 268 g/mol. The zero-order valence-electron chi connectivity index (χ0n) is 14.0. The summed E-state index contributed by atoms with van der Waals surface area (Å²) in [6.45, 7) is 18.5. The van der Waals surface area contributed by atoms with Gasteiger partial charge in [-0.05, 0) is 44.9 Å². The number of amides is 2. The molecule has 0 aliphatic carbocycles. The molecular formula is C16H32N2O. The Labute approximate surface area is 119 Å². The van der Waals surface area contributed by atoms with Crippen molar-refractivity contribution in [1.82, 2.24) is 10.2 Å². The quantitative estimate of drug-likeness (QED) is 0.827. The molecule has 1 heterocycles. The van der Waals surface area contributed by atoms with E-state index in [2.05, 4.69) is 65.6 Å². The average Bonchev–Trinajstić information content (AvgIpc) is 2.36. The van der Waals surface area contributed by atoms with Crippen LogP contribution in [-0.4, -0.2) is 28.6 Å². The van der Waals surface area contributed by atoms with Gasteiger partial charge in [-0.2, -0.15) is 0 Å². The summed E-state index contributed by atoms with van der Waals surface area (Å²) < 4.78 is 0. The van der Waals surface area contributed by atoms with Crippen LogP contribution < -0.4 is 5.32 Å². The van der Waals surface area contributed by atoms with E-state index >= 15 is 0 Å². The number of nitrogens with zero attached hydrogens (tertiary/aromatic N) is 1. The van der Waals surface area contributed by atoms with Gasteiger partial charge in [0.2, 0.25) is 0 Å². The van der Waals surface area contributed by atoms with E-state index in [0.717, 1.165) is 13.0 Å².